The monoisotopic (exact) mass is 375 g/mol. The topological polar surface area (TPSA) is 48.3 Å². The Kier molecular flexibility index (Phi) is 5.99. The van der Waals surface area contributed by atoms with Gasteiger partial charge in [-0.3, -0.25) is 4.90 Å². The van der Waals surface area contributed by atoms with Gasteiger partial charge in [-0.15, -0.1) is 0 Å². The molecule has 3 rings (SSSR count). The maximum Gasteiger partial charge on any atom is 0.417 e. The molecule has 2 aromatic carbocycles. The highest BCUT2D eigenvalue weighted by atomic mass is 19.4. The predicted molar refractivity (Wildman–Crippen MR) is 96.2 cm³/mol. The van der Waals surface area contributed by atoms with Crippen LogP contribution in [0.3, 0.4) is 0 Å². The Morgan fingerprint density at radius 1 is 1.11 bits per heavy atom. The number of hydrogen-bond donors (Lipinski definition) is 1. The van der Waals surface area contributed by atoms with Crippen molar-refractivity contribution in [1.29, 1.82) is 5.26 Å². The molecule has 0 spiro atoms. The number of rotatable bonds is 5. The molecule has 1 N–H and O–H groups in total. The van der Waals surface area contributed by atoms with Gasteiger partial charge in [-0.25, -0.2) is 0 Å². The number of anilines is 1. The SMILES string of the molecule is N#Cc1ccc(NCC(c2ccccc2)N2CCOCC2)cc1C(F)(F)F. The number of alkyl halides is 3. The number of nitrogens with zero attached hydrogens (tertiary/aromatic N) is 2. The van der Waals surface area contributed by atoms with E-state index in [2.05, 4.69) is 10.2 Å². The predicted octanol–water partition coefficient (Wildman–Crippen LogP) is 4.06. The van der Waals surface area contributed by atoms with Crippen molar-refractivity contribution in [2.75, 3.05) is 38.2 Å². The minimum atomic E-state index is -4.56. The minimum Gasteiger partial charge on any atom is -0.383 e. The van der Waals surface area contributed by atoms with Crippen molar-refractivity contribution >= 4 is 5.69 Å². The number of halogens is 3. The fraction of sp³-hybridized carbons (Fsp3) is 0.350. The first kappa shape index (κ1) is 19.2. The molecule has 1 aliphatic rings. The molecule has 1 fully saturated rings. The van der Waals surface area contributed by atoms with E-state index in [1.807, 2.05) is 30.3 Å². The van der Waals surface area contributed by atoms with Crippen molar-refractivity contribution in [2.45, 2.75) is 12.2 Å². The molecule has 0 aromatic heterocycles. The van der Waals surface area contributed by atoms with Gasteiger partial charge in [0.15, 0.2) is 0 Å². The molecular weight excluding hydrogens is 355 g/mol. The maximum absolute atomic E-state index is 13.2. The van der Waals surface area contributed by atoms with Crippen molar-refractivity contribution < 1.29 is 17.9 Å². The highest BCUT2D eigenvalue weighted by Crippen LogP contribution is 2.34. The van der Waals surface area contributed by atoms with Gasteiger partial charge in [-0.1, -0.05) is 30.3 Å². The molecule has 27 heavy (non-hydrogen) atoms. The molecule has 1 heterocycles. The largest absolute Gasteiger partial charge is 0.417 e. The van der Waals surface area contributed by atoms with Crippen LogP contribution in [0.1, 0.15) is 22.7 Å². The molecule has 142 valence electrons. The Labute approximate surface area is 156 Å². The smallest absolute Gasteiger partial charge is 0.383 e. The van der Waals surface area contributed by atoms with Gasteiger partial charge in [-0.05, 0) is 23.8 Å². The summed E-state index contributed by atoms with van der Waals surface area (Å²) in [4.78, 5) is 2.26. The summed E-state index contributed by atoms with van der Waals surface area (Å²) in [6, 6.07) is 15.2. The van der Waals surface area contributed by atoms with Crippen LogP contribution in [-0.2, 0) is 10.9 Å². The lowest BCUT2D eigenvalue weighted by molar-refractivity contribution is -0.137. The van der Waals surface area contributed by atoms with Crippen molar-refractivity contribution in [1.82, 2.24) is 4.90 Å². The summed E-state index contributed by atoms with van der Waals surface area (Å²) >= 11 is 0. The third kappa shape index (κ3) is 4.79. The van der Waals surface area contributed by atoms with Crippen LogP contribution in [0.4, 0.5) is 18.9 Å². The molecule has 2 aromatic rings. The lowest BCUT2D eigenvalue weighted by Gasteiger charge is -2.35. The first-order valence-corrected chi connectivity index (χ1v) is 8.71. The summed E-state index contributed by atoms with van der Waals surface area (Å²) in [5.41, 5.74) is 0.144. The summed E-state index contributed by atoms with van der Waals surface area (Å²) in [6.07, 6.45) is -4.56. The molecule has 1 saturated heterocycles. The molecule has 4 nitrogen and oxygen atoms in total. The van der Waals surface area contributed by atoms with E-state index in [1.165, 1.54) is 12.1 Å². The molecule has 0 radical (unpaired) electrons. The average molecular weight is 375 g/mol. The van der Waals surface area contributed by atoms with Gasteiger partial charge >= 0.3 is 6.18 Å². The van der Waals surface area contributed by atoms with Crippen LogP contribution in [0.5, 0.6) is 0 Å². The van der Waals surface area contributed by atoms with Crippen molar-refractivity contribution in [3.63, 3.8) is 0 Å². The van der Waals surface area contributed by atoms with E-state index in [0.717, 1.165) is 24.7 Å². The standard InChI is InChI=1S/C20H20F3N3O/c21-20(22,23)18-12-17(7-6-16(18)13-24)25-14-19(15-4-2-1-3-5-15)26-8-10-27-11-9-26/h1-7,12,19,25H,8-11,14H2. The molecule has 1 atom stereocenters. The van der Waals surface area contributed by atoms with Crippen LogP contribution < -0.4 is 5.32 Å². The van der Waals surface area contributed by atoms with Crippen LogP contribution >= 0.6 is 0 Å². The third-order valence-electron chi connectivity index (χ3n) is 4.62. The number of benzene rings is 2. The first-order valence-electron chi connectivity index (χ1n) is 8.71. The summed E-state index contributed by atoms with van der Waals surface area (Å²) in [5, 5.41) is 12.0. The number of hydrogen-bond acceptors (Lipinski definition) is 4. The zero-order chi connectivity index (χ0) is 19.3. The van der Waals surface area contributed by atoms with Gasteiger partial charge in [0.05, 0.1) is 36.5 Å². The number of nitriles is 1. The molecule has 7 heteroatoms. The van der Waals surface area contributed by atoms with Gasteiger partial charge in [0.2, 0.25) is 0 Å². The second kappa shape index (κ2) is 8.42. The third-order valence-corrected chi connectivity index (χ3v) is 4.62. The number of nitrogens with one attached hydrogen (secondary N) is 1. The zero-order valence-corrected chi connectivity index (χ0v) is 14.7. The molecule has 1 unspecified atom stereocenters. The highest BCUT2D eigenvalue weighted by Gasteiger charge is 2.34. The molecule has 0 aliphatic carbocycles. The van der Waals surface area contributed by atoms with Gasteiger partial charge in [0.25, 0.3) is 0 Å². The van der Waals surface area contributed by atoms with Gasteiger partial charge in [0, 0.05) is 25.3 Å². The van der Waals surface area contributed by atoms with Gasteiger partial charge in [-0.2, -0.15) is 18.4 Å². The summed E-state index contributed by atoms with van der Waals surface area (Å²) in [5.74, 6) is 0. The van der Waals surface area contributed by atoms with Crippen LogP contribution in [0.25, 0.3) is 0 Å². The summed E-state index contributed by atoms with van der Waals surface area (Å²) < 4.78 is 44.9. The summed E-state index contributed by atoms with van der Waals surface area (Å²) in [7, 11) is 0. The normalized spacial score (nSPS) is 16.5. The van der Waals surface area contributed by atoms with E-state index < -0.39 is 11.7 Å². The molecule has 0 bridgehead atoms. The van der Waals surface area contributed by atoms with E-state index in [9.17, 15) is 13.2 Å². The lowest BCUT2D eigenvalue weighted by atomic mass is 10.0. The zero-order valence-electron chi connectivity index (χ0n) is 14.7. The average Bonchev–Trinajstić information content (AvgIpc) is 2.69. The number of ether oxygens (including phenoxy) is 1. The van der Waals surface area contributed by atoms with Crippen molar-refractivity contribution in [3.8, 4) is 6.07 Å². The molecule has 0 saturated carbocycles. The van der Waals surface area contributed by atoms with Crippen molar-refractivity contribution in [3.05, 3.63) is 65.2 Å². The fourth-order valence-corrected chi connectivity index (χ4v) is 3.22. The van der Waals surface area contributed by atoms with Gasteiger partial charge in [0.1, 0.15) is 0 Å². The van der Waals surface area contributed by atoms with E-state index in [-0.39, 0.29) is 11.6 Å². The van der Waals surface area contributed by atoms with Crippen LogP contribution in [0, 0.1) is 11.3 Å². The van der Waals surface area contributed by atoms with Gasteiger partial charge < -0.3 is 10.1 Å². The van der Waals surface area contributed by atoms with E-state index >= 15 is 0 Å². The molecule has 0 amide bonds. The lowest BCUT2D eigenvalue weighted by Crippen LogP contribution is -2.41. The maximum atomic E-state index is 13.2. The number of morpholine rings is 1. The van der Waals surface area contributed by atoms with Crippen LogP contribution in [0.15, 0.2) is 48.5 Å². The van der Waals surface area contributed by atoms with E-state index in [4.69, 9.17) is 10.00 Å². The Bertz CT molecular complexity index is 796. The Hall–Kier alpha value is -2.56. The highest BCUT2D eigenvalue weighted by molar-refractivity contribution is 5.53. The molecular formula is C20H20F3N3O. The summed E-state index contributed by atoms with van der Waals surface area (Å²) in [6.45, 7) is 3.26. The Morgan fingerprint density at radius 2 is 1.81 bits per heavy atom. The Balaban J connectivity index is 1.80. The van der Waals surface area contributed by atoms with Crippen molar-refractivity contribution in [2.24, 2.45) is 0 Å². The van der Waals surface area contributed by atoms with E-state index in [1.54, 1.807) is 6.07 Å². The second-order valence-corrected chi connectivity index (χ2v) is 6.33. The van der Waals surface area contributed by atoms with E-state index in [0.29, 0.717) is 25.4 Å². The quantitative estimate of drug-likeness (QED) is 0.856. The molecule has 1 aliphatic heterocycles. The Morgan fingerprint density at radius 3 is 2.44 bits per heavy atom. The first-order chi connectivity index (χ1) is 13.0. The minimum absolute atomic E-state index is 0.0140. The van der Waals surface area contributed by atoms with Crippen LogP contribution in [-0.4, -0.2) is 37.7 Å². The fourth-order valence-electron chi connectivity index (χ4n) is 3.22. The van der Waals surface area contributed by atoms with Crippen LogP contribution in [0.2, 0.25) is 0 Å². The second-order valence-electron chi connectivity index (χ2n) is 6.33.